The number of fused-ring (bicyclic) bond motifs is 2. The molecular formula is C25H30N4O2. The van der Waals surface area contributed by atoms with E-state index in [0.717, 1.165) is 71.1 Å². The number of H-pyrrole nitrogens is 1. The lowest BCUT2D eigenvalue weighted by Crippen LogP contribution is -2.47. The van der Waals surface area contributed by atoms with Crippen molar-refractivity contribution in [2.45, 2.75) is 39.7 Å². The predicted octanol–water partition coefficient (Wildman–Crippen LogP) is 4.97. The molecule has 2 aromatic carbocycles. The number of imidazole rings is 1. The number of amides is 2. The number of rotatable bonds is 2. The third kappa shape index (κ3) is 3.99. The summed E-state index contributed by atoms with van der Waals surface area (Å²) in [5.74, 6) is 2.55. The highest BCUT2D eigenvalue weighted by molar-refractivity contribution is 5.82. The molecule has 0 radical (unpaired) electrons. The van der Waals surface area contributed by atoms with Gasteiger partial charge in [0.05, 0.1) is 24.1 Å². The van der Waals surface area contributed by atoms with E-state index in [9.17, 15) is 4.79 Å². The fraction of sp³-hybridized carbons (Fsp3) is 0.440. The lowest BCUT2D eigenvalue weighted by atomic mass is 9.95. The highest BCUT2D eigenvalue weighted by Gasteiger charge is 2.27. The van der Waals surface area contributed by atoms with Gasteiger partial charge in [0.25, 0.3) is 0 Å². The van der Waals surface area contributed by atoms with Gasteiger partial charge < -0.3 is 19.5 Å². The van der Waals surface area contributed by atoms with E-state index in [4.69, 9.17) is 4.74 Å². The van der Waals surface area contributed by atoms with Crippen LogP contribution in [0.3, 0.4) is 0 Å². The van der Waals surface area contributed by atoms with Crippen LogP contribution in [-0.4, -0.2) is 52.0 Å². The van der Waals surface area contributed by atoms with Crippen LogP contribution in [0.1, 0.15) is 37.6 Å². The largest absolute Gasteiger partial charge is 0.491 e. The first-order valence-electron chi connectivity index (χ1n) is 11.4. The summed E-state index contributed by atoms with van der Waals surface area (Å²) in [7, 11) is 0. The van der Waals surface area contributed by atoms with Crippen molar-refractivity contribution in [1.29, 1.82) is 0 Å². The average molecular weight is 419 g/mol. The number of piperidine rings is 1. The van der Waals surface area contributed by atoms with Gasteiger partial charge >= 0.3 is 6.03 Å². The average Bonchev–Trinajstić information content (AvgIpc) is 3.04. The lowest BCUT2D eigenvalue weighted by molar-refractivity contribution is 0.126. The van der Waals surface area contributed by atoms with Crippen LogP contribution in [0.5, 0.6) is 5.75 Å². The zero-order chi connectivity index (χ0) is 21.4. The predicted molar refractivity (Wildman–Crippen MR) is 122 cm³/mol. The zero-order valence-electron chi connectivity index (χ0n) is 18.4. The van der Waals surface area contributed by atoms with E-state index in [-0.39, 0.29) is 6.03 Å². The van der Waals surface area contributed by atoms with Crippen LogP contribution < -0.4 is 4.74 Å². The molecule has 6 heteroatoms. The highest BCUT2D eigenvalue weighted by atomic mass is 16.5. The van der Waals surface area contributed by atoms with Crippen LogP contribution in [0.4, 0.5) is 4.79 Å². The molecule has 0 saturated carbocycles. The molecule has 2 amide bonds. The summed E-state index contributed by atoms with van der Waals surface area (Å²) in [6.07, 6.45) is 3.44. The maximum absolute atomic E-state index is 13.2. The molecular weight excluding hydrogens is 388 g/mol. The SMILES string of the molecule is CCC1CCN(C(=O)N2CCOc3ccc(-c4ccc5nc(C)[nH]c5c4)cc3C2)CC1. The first-order chi connectivity index (χ1) is 15.1. The molecule has 5 rings (SSSR count). The van der Waals surface area contributed by atoms with Gasteiger partial charge in [-0.05, 0) is 61.1 Å². The van der Waals surface area contributed by atoms with Crippen LogP contribution in [-0.2, 0) is 6.54 Å². The van der Waals surface area contributed by atoms with Crippen molar-refractivity contribution in [3.63, 3.8) is 0 Å². The zero-order valence-corrected chi connectivity index (χ0v) is 18.4. The first-order valence-corrected chi connectivity index (χ1v) is 11.4. The molecule has 2 aliphatic rings. The second-order valence-electron chi connectivity index (χ2n) is 8.77. The van der Waals surface area contributed by atoms with E-state index in [2.05, 4.69) is 41.2 Å². The number of urea groups is 1. The van der Waals surface area contributed by atoms with E-state index in [1.165, 1.54) is 6.42 Å². The van der Waals surface area contributed by atoms with Gasteiger partial charge in [-0.2, -0.15) is 0 Å². The van der Waals surface area contributed by atoms with Gasteiger partial charge in [0, 0.05) is 18.7 Å². The van der Waals surface area contributed by atoms with Crippen molar-refractivity contribution in [3.05, 3.63) is 47.8 Å². The van der Waals surface area contributed by atoms with Crippen molar-refractivity contribution < 1.29 is 9.53 Å². The molecule has 1 aromatic heterocycles. The van der Waals surface area contributed by atoms with E-state index in [1.54, 1.807) is 0 Å². The molecule has 3 heterocycles. The molecule has 3 aromatic rings. The summed E-state index contributed by atoms with van der Waals surface area (Å²) in [4.78, 5) is 25.0. The number of aromatic nitrogens is 2. The van der Waals surface area contributed by atoms with Crippen LogP contribution in [0.15, 0.2) is 36.4 Å². The first kappa shape index (κ1) is 19.9. The van der Waals surface area contributed by atoms with Crippen LogP contribution in [0.2, 0.25) is 0 Å². The fourth-order valence-corrected chi connectivity index (χ4v) is 4.79. The van der Waals surface area contributed by atoms with Crippen molar-refractivity contribution in [2.75, 3.05) is 26.2 Å². The van der Waals surface area contributed by atoms with Crippen LogP contribution in [0.25, 0.3) is 22.2 Å². The molecule has 0 spiro atoms. The van der Waals surface area contributed by atoms with Crippen LogP contribution in [0, 0.1) is 12.8 Å². The Bertz CT molecular complexity index is 1100. The molecule has 0 aliphatic carbocycles. The van der Waals surface area contributed by atoms with Gasteiger partial charge in [0.15, 0.2) is 0 Å². The van der Waals surface area contributed by atoms with E-state index in [1.807, 2.05) is 28.9 Å². The third-order valence-corrected chi connectivity index (χ3v) is 6.71. The molecule has 162 valence electrons. The van der Waals surface area contributed by atoms with Crippen molar-refractivity contribution in [2.24, 2.45) is 5.92 Å². The number of likely N-dealkylation sites (tertiary alicyclic amines) is 1. The monoisotopic (exact) mass is 418 g/mol. The summed E-state index contributed by atoms with van der Waals surface area (Å²) in [5, 5.41) is 0. The Morgan fingerprint density at radius 1 is 1.10 bits per heavy atom. The maximum Gasteiger partial charge on any atom is 0.320 e. The third-order valence-electron chi connectivity index (χ3n) is 6.71. The highest BCUT2D eigenvalue weighted by Crippen LogP contribution is 2.31. The number of ether oxygens (including phenoxy) is 1. The maximum atomic E-state index is 13.2. The lowest BCUT2D eigenvalue weighted by Gasteiger charge is -2.35. The molecule has 6 nitrogen and oxygen atoms in total. The number of carbonyl (C=O) groups excluding carboxylic acids is 1. The summed E-state index contributed by atoms with van der Waals surface area (Å²) >= 11 is 0. The summed E-state index contributed by atoms with van der Waals surface area (Å²) in [6, 6.07) is 12.7. The number of benzene rings is 2. The Labute approximate surface area is 183 Å². The second kappa shape index (κ2) is 8.25. The summed E-state index contributed by atoms with van der Waals surface area (Å²) in [6.45, 7) is 7.68. The number of carbonyl (C=O) groups is 1. The normalized spacial score (nSPS) is 17.4. The Morgan fingerprint density at radius 2 is 1.87 bits per heavy atom. The van der Waals surface area contributed by atoms with E-state index in [0.29, 0.717) is 19.7 Å². The van der Waals surface area contributed by atoms with Crippen molar-refractivity contribution in [1.82, 2.24) is 19.8 Å². The Morgan fingerprint density at radius 3 is 2.68 bits per heavy atom. The molecule has 1 N–H and O–H groups in total. The minimum absolute atomic E-state index is 0.144. The van der Waals surface area contributed by atoms with Gasteiger partial charge in [-0.3, -0.25) is 0 Å². The molecule has 1 fully saturated rings. The quantitative estimate of drug-likeness (QED) is 0.639. The Balaban J connectivity index is 1.37. The minimum Gasteiger partial charge on any atom is -0.491 e. The van der Waals surface area contributed by atoms with E-state index >= 15 is 0 Å². The van der Waals surface area contributed by atoms with Gasteiger partial charge in [0.1, 0.15) is 18.2 Å². The number of aryl methyl sites for hydroxylation is 1. The molecule has 0 atom stereocenters. The van der Waals surface area contributed by atoms with Gasteiger partial charge in [-0.15, -0.1) is 0 Å². The summed E-state index contributed by atoms with van der Waals surface area (Å²) in [5.41, 5.74) is 5.32. The molecule has 1 saturated heterocycles. The summed E-state index contributed by atoms with van der Waals surface area (Å²) < 4.78 is 5.99. The van der Waals surface area contributed by atoms with Crippen LogP contribution >= 0.6 is 0 Å². The molecule has 0 bridgehead atoms. The minimum atomic E-state index is 0.144. The Kier molecular flexibility index (Phi) is 5.30. The standard InChI is InChI=1S/C25H30N4O2/c1-3-18-8-10-28(11-9-18)25(30)29-12-13-31-24-7-5-19(14-21(24)16-29)20-4-6-22-23(15-20)27-17(2)26-22/h4-7,14-15,18H,3,8-13,16H2,1-2H3,(H,26,27). The van der Waals surface area contributed by atoms with Gasteiger partial charge in [0.2, 0.25) is 0 Å². The van der Waals surface area contributed by atoms with E-state index < -0.39 is 0 Å². The van der Waals surface area contributed by atoms with Crippen molar-refractivity contribution in [3.8, 4) is 16.9 Å². The number of hydrogen-bond donors (Lipinski definition) is 1. The number of nitrogens with one attached hydrogen (secondary N) is 1. The smallest absolute Gasteiger partial charge is 0.320 e. The Hall–Kier alpha value is -3.02. The van der Waals surface area contributed by atoms with Gasteiger partial charge in [-0.25, -0.2) is 9.78 Å². The molecule has 2 aliphatic heterocycles. The van der Waals surface area contributed by atoms with Gasteiger partial charge in [-0.1, -0.05) is 25.5 Å². The molecule has 31 heavy (non-hydrogen) atoms. The number of nitrogens with zero attached hydrogens (tertiary/aromatic N) is 3. The molecule has 0 unspecified atom stereocenters. The number of hydrogen-bond acceptors (Lipinski definition) is 3. The number of aromatic amines is 1. The van der Waals surface area contributed by atoms with Crippen molar-refractivity contribution >= 4 is 17.1 Å². The topological polar surface area (TPSA) is 61.5 Å². The fourth-order valence-electron chi connectivity index (χ4n) is 4.79. The second-order valence-corrected chi connectivity index (χ2v) is 8.77.